The van der Waals surface area contributed by atoms with Crippen molar-refractivity contribution in [3.8, 4) is 5.75 Å². The highest BCUT2D eigenvalue weighted by Crippen LogP contribution is 2.37. The largest absolute Gasteiger partial charge is 0.544 e. The summed E-state index contributed by atoms with van der Waals surface area (Å²) in [6.07, 6.45) is 5.80. The van der Waals surface area contributed by atoms with E-state index in [-0.39, 0.29) is 5.04 Å². The third-order valence-corrected chi connectivity index (χ3v) is 9.22. The van der Waals surface area contributed by atoms with Crippen LogP contribution in [0.1, 0.15) is 29.0 Å². The number of rotatable bonds is 4. The van der Waals surface area contributed by atoms with Gasteiger partial charge in [0.2, 0.25) is 8.32 Å². The molecule has 0 amide bonds. The van der Waals surface area contributed by atoms with Crippen molar-refractivity contribution in [2.75, 3.05) is 5.32 Å². The van der Waals surface area contributed by atoms with E-state index in [4.69, 9.17) is 12.7 Å². The maximum atomic E-state index is 7.32. The fourth-order valence-corrected chi connectivity index (χ4v) is 3.23. The average Bonchev–Trinajstić information content (AvgIpc) is 3.31. The van der Waals surface area contributed by atoms with E-state index in [1.807, 2.05) is 24.3 Å². The molecule has 0 spiro atoms. The summed E-state index contributed by atoms with van der Waals surface area (Å²) >= 11 is 3.09. The molecule has 2 aromatic heterocycles. The zero-order valence-electron chi connectivity index (χ0n) is 22.7. The minimum absolute atomic E-state index is 0.147. The van der Waals surface area contributed by atoms with Crippen LogP contribution in [0.4, 0.5) is 11.4 Å². The number of anilines is 2. The Balaban J connectivity index is 0.000000340. The number of nitrogens with zero attached hydrogens (tertiary/aromatic N) is 4. The molecule has 8 heteroatoms. The Hall–Kier alpha value is -2.06. The Morgan fingerprint density at radius 3 is 2.07 bits per heavy atom. The van der Waals surface area contributed by atoms with Gasteiger partial charge in [0.1, 0.15) is 5.75 Å². The van der Waals surface area contributed by atoms with E-state index in [2.05, 4.69) is 65.3 Å². The summed E-state index contributed by atoms with van der Waals surface area (Å²) in [5.41, 5.74) is 1.48. The van der Waals surface area contributed by atoms with Crippen molar-refractivity contribution in [2.45, 2.75) is 38.9 Å². The molecule has 0 bridgehead atoms. The van der Waals surface area contributed by atoms with Crippen LogP contribution in [-0.4, -0.2) is 27.9 Å². The predicted molar refractivity (Wildman–Crippen MR) is 122 cm³/mol. The molecule has 0 saturated carbocycles. The number of hydrogen-bond donors (Lipinski definition) is 1. The molecule has 152 valence electrons. The number of aromatic nitrogens is 4. The Morgan fingerprint density at radius 2 is 1.61 bits per heavy atom. The second-order valence-electron chi connectivity index (χ2n) is 7.79. The Kier molecular flexibility index (Phi) is 4.76. The molecule has 0 aliphatic heterocycles. The molecule has 2 heterocycles. The highest BCUT2D eigenvalue weighted by atomic mass is 79.9. The summed E-state index contributed by atoms with van der Waals surface area (Å²) in [7, 11) is -1.85. The first kappa shape index (κ1) is 14.9. The molecular formula is C20H30BrN5OSi. The van der Waals surface area contributed by atoms with E-state index in [0.717, 1.165) is 20.8 Å². The lowest BCUT2D eigenvalue weighted by Gasteiger charge is -2.36. The molecule has 1 N–H and O–H groups in total. The van der Waals surface area contributed by atoms with Gasteiger partial charge >= 0.3 is 0 Å². The molecule has 0 atom stereocenters. The van der Waals surface area contributed by atoms with Crippen molar-refractivity contribution in [3.63, 3.8) is 0 Å². The third-order valence-electron chi connectivity index (χ3n) is 4.46. The van der Waals surface area contributed by atoms with Crippen LogP contribution < -0.4 is 9.74 Å². The van der Waals surface area contributed by atoms with Gasteiger partial charge < -0.3 is 9.74 Å². The van der Waals surface area contributed by atoms with Gasteiger partial charge in [-0.1, -0.05) is 20.8 Å². The molecule has 3 rings (SSSR count). The molecule has 1 aromatic carbocycles. The van der Waals surface area contributed by atoms with Gasteiger partial charge in [-0.05, 0) is 58.3 Å². The lowest BCUT2D eigenvalue weighted by atomic mass is 10.2. The first-order valence-corrected chi connectivity index (χ1v) is 12.4. The number of benzene rings is 1. The van der Waals surface area contributed by atoms with Crippen molar-refractivity contribution >= 4 is 35.6 Å². The Bertz CT molecular complexity index is 1070. The molecule has 28 heavy (non-hydrogen) atoms. The minimum Gasteiger partial charge on any atom is -0.544 e. The lowest BCUT2D eigenvalue weighted by molar-refractivity contribution is 0.492. The zero-order chi connectivity index (χ0) is 25.9. The zero-order valence-corrected chi connectivity index (χ0v) is 19.3. The maximum absolute atomic E-state index is 7.32. The summed E-state index contributed by atoms with van der Waals surface area (Å²) in [4.78, 5) is 0. The van der Waals surface area contributed by atoms with Crippen LogP contribution in [0, 0.1) is 0 Å². The average molecular weight is 471 g/mol. The van der Waals surface area contributed by atoms with Crippen LogP contribution >= 0.6 is 15.9 Å². The van der Waals surface area contributed by atoms with E-state index >= 15 is 0 Å². The van der Waals surface area contributed by atoms with E-state index in [9.17, 15) is 0 Å². The fourth-order valence-electron chi connectivity index (χ4n) is 1.91. The smallest absolute Gasteiger partial charge is 0.250 e. The van der Waals surface area contributed by atoms with Gasteiger partial charge in [0.05, 0.1) is 22.6 Å². The van der Waals surface area contributed by atoms with Crippen LogP contribution in [-0.2, 0) is 14.0 Å². The molecule has 6 nitrogen and oxygen atoms in total. The number of nitrogens with one attached hydrogen (secondary N) is 1. The predicted octanol–water partition coefficient (Wildman–Crippen LogP) is 5.73. The van der Waals surface area contributed by atoms with Crippen molar-refractivity contribution in [3.05, 3.63) is 53.5 Å². The summed E-state index contributed by atoms with van der Waals surface area (Å²) in [6, 6.07) is 7.68. The third kappa shape index (κ3) is 6.52. The topological polar surface area (TPSA) is 56.9 Å². The minimum atomic E-state index is -2.26. The van der Waals surface area contributed by atoms with Crippen molar-refractivity contribution in [1.29, 1.82) is 0 Å². The lowest BCUT2D eigenvalue weighted by Crippen LogP contribution is -2.43. The highest BCUT2D eigenvalue weighted by molar-refractivity contribution is 9.10. The van der Waals surface area contributed by atoms with Crippen LogP contribution in [0.25, 0.3) is 0 Å². The first-order valence-electron chi connectivity index (χ1n) is 11.7. The Labute approximate surface area is 185 Å². The van der Waals surface area contributed by atoms with Gasteiger partial charge in [-0.15, -0.1) is 0 Å². The molecule has 3 aromatic rings. The van der Waals surface area contributed by atoms with Crippen LogP contribution in [0.3, 0.4) is 0 Å². The second kappa shape index (κ2) is 8.96. The molecular weight excluding hydrogens is 434 g/mol. The number of aryl methyl sites for hydroxylation is 2. The van der Waals surface area contributed by atoms with Crippen molar-refractivity contribution in [1.82, 2.24) is 19.6 Å². The molecule has 0 aliphatic carbocycles. The molecule has 0 aliphatic rings. The van der Waals surface area contributed by atoms with Gasteiger partial charge in [0, 0.05) is 40.3 Å². The summed E-state index contributed by atoms with van der Waals surface area (Å²) < 4.78 is 51.5. The maximum Gasteiger partial charge on any atom is 0.250 e. The van der Waals surface area contributed by atoms with Crippen LogP contribution in [0.5, 0.6) is 5.75 Å². The monoisotopic (exact) mass is 469 g/mol. The number of hydrogen-bond acceptors (Lipinski definition) is 4. The van der Waals surface area contributed by atoms with Gasteiger partial charge in [0.15, 0.2) is 0 Å². The fraction of sp³-hybridized carbons (Fsp3) is 0.400. The van der Waals surface area contributed by atoms with Crippen molar-refractivity contribution in [2.24, 2.45) is 14.0 Å². The summed E-state index contributed by atoms with van der Waals surface area (Å²) in [6.45, 7) is 6.62. The first-order chi connectivity index (χ1) is 15.4. The number of halogens is 1. The van der Waals surface area contributed by atoms with Gasteiger partial charge in [-0.3, -0.25) is 9.36 Å². The van der Waals surface area contributed by atoms with E-state index in [0.29, 0.717) is 10.2 Å². The molecule has 0 radical (unpaired) electrons. The summed E-state index contributed by atoms with van der Waals surface area (Å²) in [5, 5.41) is 10.7. The molecule has 0 saturated heterocycles. The van der Waals surface area contributed by atoms with Crippen molar-refractivity contribution < 1.29 is 12.7 Å². The SMILES string of the molecule is [2H]C([2H])([2H])n1cc(Br)cn1.[2H]C([2H])([2H])n1cc(Nc2ccc(O[Si](C)(C)C(C)(C)C)cc2)cn1. The van der Waals surface area contributed by atoms with E-state index in [1.165, 1.54) is 24.8 Å². The normalized spacial score (nSPS) is 15.6. The second-order valence-corrected chi connectivity index (χ2v) is 13.4. The summed E-state index contributed by atoms with van der Waals surface area (Å²) in [5.74, 6) is 0.852. The van der Waals surface area contributed by atoms with Crippen LogP contribution in [0.2, 0.25) is 18.1 Å². The van der Waals surface area contributed by atoms with Gasteiger partial charge in [-0.2, -0.15) is 10.2 Å². The van der Waals surface area contributed by atoms with Gasteiger partial charge in [-0.25, -0.2) is 0 Å². The Morgan fingerprint density at radius 1 is 1.00 bits per heavy atom. The quantitative estimate of drug-likeness (QED) is 0.495. The van der Waals surface area contributed by atoms with E-state index in [1.54, 1.807) is 0 Å². The molecule has 0 unspecified atom stereocenters. The molecule has 0 fully saturated rings. The van der Waals surface area contributed by atoms with E-state index < -0.39 is 22.3 Å². The van der Waals surface area contributed by atoms with Gasteiger partial charge in [0.25, 0.3) is 0 Å². The standard InChI is InChI=1S/C16H25N3OSi.C4H5BrN2/c1-16(2,3)21(5,6)20-15-9-7-13(8-10-15)18-14-11-17-19(4)12-14;1-7-3-4(5)2-6-7/h7-12,18H,1-6H3;2-3H,1H3/i4D3;1D3. The van der Waals surface area contributed by atoms with Crippen LogP contribution in [0.15, 0.2) is 53.5 Å². The highest BCUT2D eigenvalue weighted by Gasteiger charge is 2.38.